The van der Waals surface area contributed by atoms with Crippen molar-refractivity contribution in [1.29, 1.82) is 0 Å². The van der Waals surface area contributed by atoms with Crippen molar-refractivity contribution in [2.24, 2.45) is 28.2 Å². The van der Waals surface area contributed by atoms with Gasteiger partial charge >= 0.3 is 7.12 Å². The zero-order valence-corrected chi connectivity index (χ0v) is 31.2. The Hall–Kier alpha value is -2.53. The molecule has 7 rings (SSSR count). The van der Waals surface area contributed by atoms with Crippen molar-refractivity contribution in [3.63, 3.8) is 0 Å². The maximum atomic E-state index is 5.89. The summed E-state index contributed by atoms with van der Waals surface area (Å²) in [5.41, 5.74) is 4.69. The van der Waals surface area contributed by atoms with E-state index in [1.54, 1.807) is 15.6 Å². The molecule has 230 valence electrons. The van der Waals surface area contributed by atoms with Crippen LogP contribution in [0.15, 0.2) is 70.1 Å². The molecule has 1 fully saturated rings. The van der Waals surface area contributed by atoms with E-state index in [-0.39, 0.29) is 18.3 Å². The number of benzene rings is 2. The standard InChI is InChI=1S/C12H11BrN4.C10H17BN2O2.C8H6BrIN2/c1-16-7-8(6-14-16)12-10-5-9(13)3-4-11(10)17(2)15-12;1-9(2)10(3,4)15-11(14-9)8-6-12-13(5)7-8;1-12-7-3-2-5(9)4-6(7)8(10)11-12/h3-7H,1-2H3;6-7H,1-5H3;2-4H,1H3. The highest BCUT2D eigenvalue weighted by Gasteiger charge is 2.52. The summed E-state index contributed by atoms with van der Waals surface area (Å²) in [5, 5.41) is 19.5. The second kappa shape index (κ2) is 12.7. The van der Waals surface area contributed by atoms with Crippen molar-refractivity contribution in [3.05, 3.63) is 73.8 Å². The molecule has 0 N–H and O–H groups in total. The number of aryl methyl sites for hydroxylation is 4. The van der Waals surface area contributed by atoms with Crippen LogP contribution in [0.3, 0.4) is 0 Å². The van der Waals surface area contributed by atoms with Crippen LogP contribution in [0.2, 0.25) is 0 Å². The van der Waals surface area contributed by atoms with Gasteiger partial charge in [-0.05, 0) is 86.7 Å². The van der Waals surface area contributed by atoms with E-state index in [1.165, 1.54) is 10.9 Å². The molecule has 0 bridgehead atoms. The zero-order valence-electron chi connectivity index (χ0n) is 25.9. The fourth-order valence-electron chi connectivity index (χ4n) is 4.73. The van der Waals surface area contributed by atoms with Crippen LogP contribution in [0.1, 0.15) is 27.7 Å². The van der Waals surface area contributed by atoms with Crippen molar-refractivity contribution in [2.45, 2.75) is 38.9 Å². The minimum Gasteiger partial charge on any atom is -0.399 e. The van der Waals surface area contributed by atoms with Gasteiger partial charge in [-0.2, -0.15) is 20.4 Å². The van der Waals surface area contributed by atoms with E-state index in [0.717, 1.165) is 40.3 Å². The molecule has 5 heterocycles. The van der Waals surface area contributed by atoms with Crippen molar-refractivity contribution in [1.82, 2.24) is 39.1 Å². The third-order valence-electron chi connectivity index (χ3n) is 7.81. The molecule has 14 heteroatoms. The average molecular weight is 836 g/mol. The number of aromatic nitrogens is 8. The lowest BCUT2D eigenvalue weighted by molar-refractivity contribution is 0.00578. The van der Waals surface area contributed by atoms with Gasteiger partial charge in [-0.15, -0.1) is 0 Å². The molecule has 0 spiro atoms. The molecule has 0 unspecified atom stereocenters. The molecule has 2 aromatic carbocycles. The van der Waals surface area contributed by atoms with E-state index < -0.39 is 0 Å². The van der Waals surface area contributed by atoms with Crippen LogP contribution in [0, 0.1) is 3.70 Å². The van der Waals surface area contributed by atoms with E-state index in [9.17, 15) is 0 Å². The first-order valence-electron chi connectivity index (χ1n) is 13.9. The number of rotatable bonds is 2. The molecular formula is C30H34BBr2IN8O2. The summed E-state index contributed by atoms with van der Waals surface area (Å²) in [6.45, 7) is 8.18. The minimum absolute atomic E-state index is 0.284. The van der Waals surface area contributed by atoms with Crippen LogP contribution >= 0.6 is 54.5 Å². The number of fused-ring (bicyclic) bond motifs is 2. The highest BCUT2D eigenvalue weighted by atomic mass is 127. The van der Waals surface area contributed by atoms with E-state index in [2.05, 4.69) is 99.1 Å². The monoisotopic (exact) mass is 834 g/mol. The number of halogens is 3. The molecule has 44 heavy (non-hydrogen) atoms. The van der Waals surface area contributed by atoms with E-state index in [4.69, 9.17) is 9.31 Å². The van der Waals surface area contributed by atoms with E-state index >= 15 is 0 Å². The number of hydrogen-bond acceptors (Lipinski definition) is 6. The third-order valence-corrected chi connectivity index (χ3v) is 9.59. The van der Waals surface area contributed by atoms with Gasteiger partial charge in [0.25, 0.3) is 0 Å². The molecule has 1 saturated heterocycles. The van der Waals surface area contributed by atoms with Crippen molar-refractivity contribution < 1.29 is 9.31 Å². The van der Waals surface area contributed by atoms with Gasteiger partial charge in [-0.1, -0.05) is 31.9 Å². The molecule has 0 saturated carbocycles. The second-order valence-electron chi connectivity index (χ2n) is 11.6. The summed E-state index contributed by atoms with van der Waals surface area (Å²) in [7, 11) is 7.40. The fraction of sp³-hybridized carbons (Fsp3) is 0.333. The smallest absolute Gasteiger partial charge is 0.399 e. The lowest BCUT2D eigenvalue weighted by Crippen LogP contribution is -2.41. The Morgan fingerprint density at radius 1 is 0.727 bits per heavy atom. The Kier molecular flexibility index (Phi) is 9.48. The SMILES string of the molecule is Cn1cc(-c2nn(C)c3ccc(Br)cc23)cn1.Cn1cc(B2OC(C)(C)C(C)(C)O2)cn1.Cn1nc(I)c2cc(Br)ccc21. The van der Waals surface area contributed by atoms with E-state index in [1.807, 2.05) is 96.0 Å². The van der Waals surface area contributed by atoms with Crippen LogP contribution in [0.5, 0.6) is 0 Å². The Bertz CT molecular complexity index is 1930. The summed E-state index contributed by atoms with van der Waals surface area (Å²) in [6, 6.07) is 12.4. The van der Waals surface area contributed by atoms with Crippen LogP contribution in [-0.2, 0) is 37.5 Å². The molecule has 6 aromatic rings. The van der Waals surface area contributed by atoms with Gasteiger partial charge in [0.2, 0.25) is 0 Å². The van der Waals surface area contributed by atoms with Gasteiger partial charge in [-0.3, -0.25) is 18.7 Å². The fourth-order valence-corrected chi connectivity index (χ4v) is 6.21. The van der Waals surface area contributed by atoms with Gasteiger partial charge in [0.1, 0.15) is 9.39 Å². The highest BCUT2D eigenvalue weighted by molar-refractivity contribution is 14.1. The third kappa shape index (κ3) is 6.83. The zero-order chi connectivity index (χ0) is 32.0. The molecule has 0 amide bonds. The average Bonchev–Trinajstić information content (AvgIpc) is 3.74. The van der Waals surface area contributed by atoms with Crippen LogP contribution < -0.4 is 5.46 Å². The Morgan fingerprint density at radius 3 is 1.80 bits per heavy atom. The summed E-state index contributed by atoms with van der Waals surface area (Å²) in [5.74, 6) is 0. The van der Waals surface area contributed by atoms with Crippen LogP contribution in [0.4, 0.5) is 0 Å². The van der Waals surface area contributed by atoms with Crippen LogP contribution in [-0.4, -0.2) is 57.4 Å². The molecule has 4 aromatic heterocycles. The first-order valence-corrected chi connectivity index (χ1v) is 16.5. The molecule has 1 aliphatic rings. The molecule has 10 nitrogen and oxygen atoms in total. The topological polar surface area (TPSA) is 89.7 Å². The predicted octanol–water partition coefficient (Wildman–Crippen LogP) is 6.40. The summed E-state index contributed by atoms with van der Waals surface area (Å²) in [4.78, 5) is 0. The van der Waals surface area contributed by atoms with Gasteiger partial charge < -0.3 is 9.31 Å². The predicted molar refractivity (Wildman–Crippen MR) is 191 cm³/mol. The maximum absolute atomic E-state index is 5.89. The molecule has 1 aliphatic heterocycles. The number of nitrogens with zero attached hydrogens (tertiary/aromatic N) is 8. The molecule has 0 radical (unpaired) electrons. The normalized spacial score (nSPS) is 15.3. The summed E-state index contributed by atoms with van der Waals surface area (Å²) < 4.78 is 22.3. The molecule has 0 aliphatic carbocycles. The lowest BCUT2D eigenvalue weighted by Gasteiger charge is -2.32. The van der Waals surface area contributed by atoms with Gasteiger partial charge in [0.05, 0.1) is 28.4 Å². The van der Waals surface area contributed by atoms with Crippen molar-refractivity contribution >= 4 is 88.8 Å². The summed E-state index contributed by atoms with van der Waals surface area (Å²) >= 11 is 9.17. The summed E-state index contributed by atoms with van der Waals surface area (Å²) in [6.07, 6.45) is 7.51. The van der Waals surface area contributed by atoms with Gasteiger partial charge in [0, 0.05) is 77.5 Å². The van der Waals surface area contributed by atoms with Gasteiger partial charge in [-0.25, -0.2) is 0 Å². The first-order chi connectivity index (χ1) is 20.6. The Labute approximate surface area is 287 Å². The quantitative estimate of drug-likeness (QED) is 0.148. The number of hydrogen-bond donors (Lipinski definition) is 0. The maximum Gasteiger partial charge on any atom is 0.498 e. The van der Waals surface area contributed by atoms with Gasteiger partial charge in [0.15, 0.2) is 0 Å². The Morgan fingerprint density at radius 2 is 1.25 bits per heavy atom. The van der Waals surface area contributed by atoms with Crippen LogP contribution in [0.25, 0.3) is 33.1 Å². The van der Waals surface area contributed by atoms with E-state index in [0.29, 0.717) is 0 Å². The molecule has 0 atom stereocenters. The van der Waals surface area contributed by atoms with Crippen molar-refractivity contribution in [3.8, 4) is 11.3 Å². The highest BCUT2D eigenvalue weighted by Crippen LogP contribution is 2.36. The lowest BCUT2D eigenvalue weighted by atomic mass is 9.82. The van der Waals surface area contributed by atoms with Crippen molar-refractivity contribution in [2.75, 3.05) is 0 Å². The minimum atomic E-state index is -0.302. The molecular weight excluding hydrogens is 802 g/mol. The Balaban J connectivity index is 0.000000133. The first kappa shape index (κ1) is 32.9. The largest absolute Gasteiger partial charge is 0.498 e. The second-order valence-corrected chi connectivity index (χ2v) is 14.5.